The third-order valence-corrected chi connectivity index (χ3v) is 18.5. The molecule has 10 heterocycles. The Hall–Kier alpha value is -12.0. The van der Waals surface area contributed by atoms with Crippen molar-refractivity contribution in [3.8, 4) is 63.2 Å². The summed E-state index contributed by atoms with van der Waals surface area (Å²) in [5.74, 6) is 10.5. The van der Waals surface area contributed by atoms with Crippen LogP contribution in [0.1, 0.15) is 60.6 Å². The molecule has 21 nitrogen and oxygen atoms in total. The third-order valence-electron chi connectivity index (χ3n) is 18.5. The molecule has 10 aliphatic heterocycles. The summed E-state index contributed by atoms with van der Waals surface area (Å²) < 4.78 is 60.0. The number of hydrogen-bond acceptors (Lipinski definition) is 21. The van der Waals surface area contributed by atoms with E-state index < -0.39 is 0 Å². The van der Waals surface area contributed by atoms with E-state index in [-0.39, 0.29) is 11.7 Å². The highest BCUT2D eigenvalue weighted by atomic mass is 16.5. The van der Waals surface area contributed by atoms with Gasteiger partial charge in [0.05, 0.1) is 83.7 Å². The van der Waals surface area contributed by atoms with Gasteiger partial charge in [0.25, 0.3) is 0 Å². The van der Waals surface area contributed by atoms with E-state index in [1.165, 1.54) is 33.4 Å². The summed E-state index contributed by atoms with van der Waals surface area (Å²) in [6.45, 7) is 34.0. The minimum atomic E-state index is -0.0889. The first-order valence-electron chi connectivity index (χ1n) is 38.9. The molecule has 10 aromatic rings. The molecule has 10 aliphatic rings. The van der Waals surface area contributed by atoms with Crippen LogP contribution in [0.5, 0.6) is 63.2 Å². The van der Waals surface area contributed by atoms with E-state index in [1.807, 2.05) is 146 Å². The topological polar surface area (TPSA) is 222 Å². The van der Waals surface area contributed by atoms with E-state index in [4.69, 9.17) is 52.1 Å². The second-order valence-corrected chi connectivity index (χ2v) is 28.3. The minimum Gasteiger partial charge on any atom is -0.497 e. The SMILES string of the molecule is CC1(C)CNc2ccccc2O1.CC1CNc2ccccc2O1.COc1ccc2c(c1)OCCN2.Cc1cc(C)c2c(c1)NCCO2.Cc1ccc2c(c1)NCCO2.Cc1ccc2c(c1)OCCN2.Cc1cccc2c1NCCO2.Cc1cccc2c1OCCN2.c1ccc2c(c1)NCCCO2.c1ccc2c(c1)NCCO2. The Labute approximate surface area is 661 Å². The number of ether oxygens (including phenoxy) is 11. The maximum absolute atomic E-state index is 5.76. The van der Waals surface area contributed by atoms with Gasteiger partial charge in [0.15, 0.2) is 0 Å². The highest BCUT2D eigenvalue weighted by Crippen LogP contribution is 2.37. The normalized spacial score (nSPS) is 15.8. The van der Waals surface area contributed by atoms with Gasteiger partial charge in [-0.2, -0.15) is 0 Å². The summed E-state index contributed by atoms with van der Waals surface area (Å²) in [4.78, 5) is 0. The van der Waals surface area contributed by atoms with Crippen molar-refractivity contribution in [3.63, 3.8) is 0 Å². The summed E-state index contributed by atoms with van der Waals surface area (Å²) in [7, 11) is 1.65. The van der Waals surface area contributed by atoms with E-state index in [9.17, 15) is 0 Å². The Bertz CT molecular complexity index is 4440. The molecule has 0 spiro atoms. The van der Waals surface area contributed by atoms with Crippen LogP contribution in [0, 0.1) is 41.5 Å². The Kier molecular flexibility index (Phi) is 30.2. The summed E-state index contributed by atoms with van der Waals surface area (Å²) in [5, 5.41) is 32.8. The molecular formula is C91H112N10O11. The number of para-hydroxylation sites is 10. The minimum absolute atomic E-state index is 0.0889. The van der Waals surface area contributed by atoms with Gasteiger partial charge < -0.3 is 105 Å². The first-order valence-corrected chi connectivity index (χ1v) is 38.9. The molecule has 1 atom stereocenters. The second kappa shape index (κ2) is 41.7. The number of nitrogens with one attached hydrogen (secondary N) is 10. The van der Waals surface area contributed by atoms with E-state index in [1.54, 1.807) is 7.11 Å². The van der Waals surface area contributed by atoms with Crippen LogP contribution in [0.2, 0.25) is 0 Å². The first-order chi connectivity index (χ1) is 54.6. The number of hydrogen-bond donors (Lipinski definition) is 10. The zero-order valence-electron chi connectivity index (χ0n) is 66.6. The summed E-state index contributed by atoms with van der Waals surface area (Å²) in [6.07, 6.45) is 1.36. The van der Waals surface area contributed by atoms with E-state index in [2.05, 4.69) is 170 Å². The fraction of sp³-hybridized carbons (Fsp3) is 0.341. The fourth-order valence-electron chi connectivity index (χ4n) is 12.9. The van der Waals surface area contributed by atoms with Crippen LogP contribution in [0.4, 0.5) is 56.9 Å². The first kappa shape index (κ1) is 81.0. The van der Waals surface area contributed by atoms with Gasteiger partial charge >= 0.3 is 0 Å². The quantitative estimate of drug-likeness (QED) is 0.0738. The molecule has 0 aliphatic carbocycles. The summed E-state index contributed by atoms with van der Waals surface area (Å²) in [5.41, 5.74) is 18.5. The predicted octanol–water partition coefficient (Wildman–Crippen LogP) is 18.3. The van der Waals surface area contributed by atoms with Crippen molar-refractivity contribution < 1.29 is 52.1 Å². The fourth-order valence-corrected chi connectivity index (χ4v) is 12.9. The molecule has 21 heteroatoms. The molecule has 10 N–H and O–H groups in total. The molecule has 20 rings (SSSR count). The van der Waals surface area contributed by atoms with Crippen LogP contribution in [0.25, 0.3) is 0 Å². The Morgan fingerprint density at radius 2 is 0.741 bits per heavy atom. The van der Waals surface area contributed by atoms with Crippen molar-refractivity contribution in [1.29, 1.82) is 0 Å². The number of fused-ring (bicyclic) bond motifs is 10. The van der Waals surface area contributed by atoms with Gasteiger partial charge in [0.1, 0.15) is 121 Å². The smallest absolute Gasteiger partial charge is 0.146 e. The number of aryl methyl sites for hydroxylation is 6. The molecule has 0 saturated carbocycles. The molecule has 112 heavy (non-hydrogen) atoms. The van der Waals surface area contributed by atoms with Gasteiger partial charge in [0, 0.05) is 58.4 Å². The summed E-state index contributed by atoms with van der Waals surface area (Å²) >= 11 is 0. The number of methoxy groups -OCH3 is 1. The lowest BCUT2D eigenvalue weighted by Gasteiger charge is -2.33. The average molecular weight is 1520 g/mol. The number of rotatable bonds is 1. The van der Waals surface area contributed by atoms with E-state index >= 15 is 0 Å². The lowest BCUT2D eigenvalue weighted by atomic mass is 10.1. The molecule has 0 fully saturated rings. The average Bonchev–Trinajstić information content (AvgIpc) is 1.45. The van der Waals surface area contributed by atoms with Crippen LogP contribution >= 0.6 is 0 Å². The molecule has 0 saturated heterocycles. The van der Waals surface area contributed by atoms with Gasteiger partial charge in [-0.15, -0.1) is 0 Å². The van der Waals surface area contributed by atoms with Crippen LogP contribution in [-0.4, -0.2) is 137 Å². The van der Waals surface area contributed by atoms with Gasteiger partial charge in [-0.1, -0.05) is 91.0 Å². The van der Waals surface area contributed by atoms with Crippen LogP contribution < -0.4 is 105 Å². The van der Waals surface area contributed by atoms with Gasteiger partial charge in [-0.25, -0.2) is 0 Å². The third kappa shape index (κ3) is 24.5. The van der Waals surface area contributed by atoms with Crippen molar-refractivity contribution in [3.05, 3.63) is 234 Å². The number of anilines is 10. The molecular weight excluding hydrogens is 1410 g/mol. The van der Waals surface area contributed by atoms with Crippen LogP contribution in [-0.2, 0) is 0 Å². The molecule has 10 aromatic carbocycles. The second-order valence-electron chi connectivity index (χ2n) is 28.3. The lowest BCUT2D eigenvalue weighted by molar-refractivity contribution is 0.116. The highest BCUT2D eigenvalue weighted by molar-refractivity contribution is 5.67. The molecule has 1 unspecified atom stereocenters. The zero-order valence-corrected chi connectivity index (χ0v) is 66.6. The van der Waals surface area contributed by atoms with E-state index in [0.717, 1.165) is 245 Å². The molecule has 0 aromatic heterocycles. The van der Waals surface area contributed by atoms with Crippen LogP contribution in [0.15, 0.2) is 200 Å². The van der Waals surface area contributed by atoms with Gasteiger partial charge in [0.2, 0.25) is 0 Å². The van der Waals surface area contributed by atoms with Gasteiger partial charge in [-0.05, 0) is 205 Å². The summed E-state index contributed by atoms with van der Waals surface area (Å²) in [6, 6.07) is 66.7. The largest absolute Gasteiger partial charge is 0.497 e. The Morgan fingerprint density at radius 1 is 0.312 bits per heavy atom. The Balaban J connectivity index is 0.000000123. The van der Waals surface area contributed by atoms with Crippen molar-refractivity contribution in [2.75, 3.05) is 179 Å². The molecule has 0 amide bonds. The Morgan fingerprint density at radius 3 is 1.38 bits per heavy atom. The van der Waals surface area contributed by atoms with Crippen molar-refractivity contribution >= 4 is 56.9 Å². The number of benzene rings is 10. The monoisotopic (exact) mass is 1520 g/mol. The maximum Gasteiger partial charge on any atom is 0.146 e. The molecule has 592 valence electrons. The molecule has 0 bridgehead atoms. The lowest BCUT2D eigenvalue weighted by Crippen LogP contribution is -2.39. The van der Waals surface area contributed by atoms with Crippen molar-refractivity contribution in [2.24, 2.45) is 0 Å². The van der Waals surface area contributed by atoms with Crippen molar-refractivity contribution in [1.82, 2.24) is 0 Å². The molecule has 0 radical (unpaired) electrons. The maximum atomic E-state index is 5.76. The highest BCUT2D eigenvalue weighted by Gasteiger charge is 2.26. The zero-order chi connectivity index (χ0) is 78.3. The van der Waals surface area contributed by atoms with Crippen molar-refractivity contribution in [2.45, 2.75) is 80.4 Å². The van der Waals surface area contributed by atoms with Crippen LogP contribution in [0.3, 0.4) is 0 Å². The van der Waals surface area contributed by atoms with Gasteiger partial charge in [-0.3, -0.25) is 0 Å². The standard InChI is InChI=1S/2C10H13NO.C9H11NO2.6C9H11NO.C8H9NO/c1-7-5-8(2)10-9(6-7)11-3-4-12-10;1-10(2)7-11-8-5-3-4-6-9(8)12-10;1-11-7-2-3-8-9(6-7)12-5-4-10-8;1-7-2-3-9-8(6-7)10-4-5-11-9;1-7-2-3-8-9(6-7)11-5-4-10-8;1-7-3-2-4-8-9(7)10-5-6-11-8;1-7-3-2-4-8-9(7)11-6-5-10-8;1-7-6-10-8-4-2-3-5-9(8)11-7;1-2-5-9-8(4-1)10-6-3-7-11-9;1-2-4-8-7(3-1)9-5-6-10-8/h5-6,11H,3-4H2,1-2H3;3-6,11H,7H2,1-2H3;2-3,6,10H,4-5H2,1H3;2*2-3,6,10H,4-5H2,1H3;2*2-4,10H,5-6H2,1H3;2-5,7,10H,6H2,1H3;1-2,4-5,10H,3,6-7H2;1-4,9H,5-6H2. The predicted molar refractivity (Wildman–Crippen MR) is 458 cm³/mol. The van der Waals surface area contributed by atoms with E-state index in [0.29, 0.717) is 0 Å².